The number of hydrogen-bond donors (Lipinski definition) is 1. The molecule has 0 heterocycles. The van der Waals surface area contributed by atoms with Gasteiger partial charge in [0, 0.05) is 22.1 Å². The summed E-state index contributed by atoms with van der Waals surface area (Å²) in [5.74, 6) is 1.13. The van der Waals surface area contributed by atoms with Gasteiger partial charge in [-0.15, -0.1) is 0 Å². The highest BCUT2D eigenvalue weighted by Crippen LogP contribution is 2.27. The van der Waals surface area contributed by atoms with E-state index >= 15 is 0 Å². The SMILES string of the molecule is CC(C)(C)NCc1cc(F)ccc1Oc1ccc(Br)cc1. The van der Waals surface area contributed by atoms with Gasteiger partial charge < -0.3 is 10.1 Å². The monoisotopic (exact) mass is 351 g/mol. The molecule has 2 nitrogen and oxygen atoms in total. The Hall–Kier alpha value is -1.39. The predicted molar refractivity (Wildman–Crippen MR) is 87.2 cm³/mol. The van der Waals surface area contributed by atoms with E-state index in [0.29, 0.717) is 12.3 Å². The maximum Gasteiger partial charge on any atom is 0.132 e. The highest BCUT2D eigenvalue weighted by Gasteiger charge is 2.12. The lowest BCUT2D eigenvalue weighted by molar-refractivity contribution is 0.413. The highest BCUT2D eigenvalue weighted by atomic mass is 79.9. The molecule has 2 rings (SSSR count). The van der Waals surface area contributed by atoms with Gasteiger partial charge in [-0.2, -0.15) is 0 Å². The zero-order valence-electron chi connectivity index (χ0n) is 12.4. The van der Waals surface area contributed by atoms with E-state index in [1.54, 1.807) is 6.07 Å². The third-order valence-electron chi connectivity index (χ3n) is 2.87. The summed E-state index contributed by atoms with van der Waals surface area (Å²) in [5, 5.41) is 3.35. The summed E-state index contributed by atoms with van der Waals surface area (Å²) in [7, 11) is 0. The normalized spacial score (nSPS) is 11.5. The molecular formula is C17H19BrFNO. The average Bonchev–Trinajstić information content (AvgIpc) is 2.40. The van der Waals surface area contributed by atoms with Crippen LogP contribution in [0.15, 0.2) is 46.9 Å². The van der Waals surface area contributed by atoms with E-state index in [2.05, 4.69) is 42.0 Å². The van der Waals surface area contributed by atoms with Crippen LogP contribution in [0.3, 0.4) is 0 Å². The van der Waals surface area contributed by atoms with Crippen molar-refractivity contribution in [2.75, 3.05) is 0 Å². The van der Waals surface area contributed by atoms with Crippen LogP contribution >= 0.6 is 15.9 Å². The van der Waals surface area contributed by atoms with E-state index in [9.17, 15) is 4.39 Å². The second-order valence-corrected chi connectivity index (χ2v) is 6.83. The first kappa shape index (κ1) is 16.0. The molecule has 4 heteroatoms. The number of hydrogen-bond acceptors (Lipinski definition) is 2. The Balaban J connectivity index is 2.20. The lowest BCUT2D eigenvalue weighted by Gasteiger charge is -2.21. The van der Waals surface area contributed by atoms with Crippen LogP contribution in [-0.4, -0.2) is 5.54 Å². The summed E-state index contributed by atoms with van der Waals surface area (Å²) in [6.45, 7) is 6.76. The molecule has 0 aliphatic heterocycles. The van der Waals surface area contributed by atoms with Crippen molar-refractivity contribution < 1.29 is 9.13 Å². The van der Waals surface area contributed by atoms with E-state index in [4.69, 9.17) is 4.74 Å². The molecule has 0 atom stereocenters. The lowest BCUT2D eigenvalue weighted by Crippen LogP contribution is -2.35. The Morgan fingerprint density at radius 3 is 2.38 bits per heavy atom. The summed E-state index contributed by atoms with van der Waals surface area (Å²) in [6, 6.07) is 12.1. The molecule has 0 saturated heterocycles. The summed E-state index contributed by atoms with van der Waals surface area (Å²) < 4.78 is 20.3. The summed E-state index contributed by atoms with van der Waals surface area (Å²) in [6.07, 6.45) is 0. The standard InChI is InChI=1S/C17H19BrFNO/c1-17(2,3)20-11-12-10-14(19)6-9-16(12)21-15-7-4-13(18)5-8-15/h4-10,20H,11H2,1-3H3. The van der Waals surface area contributed by atoms with Crippen LogP contribution in [0.2, 0.25) is 0 Å². The Labute approximate surface area is 133 Å². The number of ether oxygens (including phenoxy) is 1. The van der Waals surface area contributed by atoms with E-state index in [1.165, 1.54) is 12.1 Å². The molecular weight excluding hydrogens is 333 g/mol. The minimum absolute atomic E-state index is 0.0405. The number of rotatable bonds is 4. The molecule has 2 aromatic carbocycles. The molecule has 21 heavy (non-hydrogen) atoms. The predicted octanol–water partition coefficient (Wildman–Crippen LogP) is 5.27. The van der Waals surface area contributed by atoms with Crippen LogP contribution in [0.4, 0.5) is 4.39 Å². The molecule has 0 saturated carbocycles. The first-order valence-corrected chi connectivity index (χ1v) is 7.60. The van der Waals surface area contributed by atoms with Gasteiger partial charge in [0.1, 0.15) is 17.3 Å². The van der Waals surface area contributed by atoms with Gasteiger partial charge in [0.2, 0.25) is 0 Å². The van der Waals surface area contributed by atoms with E-state index in [1.807, 2.05) is 24.3 Å². The van der Waals surface area contributed by atoms with Crippen molar-refractivity contribution in [2.45, 2.75) is 32.9 Å². The summed E-state index contributed by atoms with van der Waals surface area (Å²) >= 11 is 3.39. The number of benzene rings is 2. The third-order valence-corrected chi connectivity index (χ3v) is 3.40. The van der Waals surface area contributed by atoms with Crippen LogP contribution in [0.5, 0.6) is 11.5 Å². The van der Waals surface area contributed by atoms with Gasteiger partial charge in [0.25, 0.3) is 0 Å². The topological polar surface area (TPSA) is 21.3 Å². The first-order chi connectivity index (χ1) is 9.83. The zero-order valence-corrected chi connectivity index (χ0v) is 14.0. The van der Waals surface area contributed by atoms with Gasteiger partial charge in [-0.1, -0.05) is 15.9 Å². The largest absolute Gasteiger partial charge is 0.457 e. The molecule has 0 aliphatic carbocycles. The Bertz CT molecular complexity index is 605. The second kappa shape index (κ2) is 6.58. The molecule has 2 aromatic rings. The Morgan fingerprint density at radius 2 is 1.76 bits per heavy atom. The van der Waals surface area contributed by atoms with Crippen LogP contribution in [0.1, 0.15) is 26.3 Å². The van der Waals surface area contributed by atoms with Crippen LogP contribution < -0.4 is 10.1 Å². The lowest BCUT2D eigenvalue weighted by atomic mass is 10.1. The van der Waals surface area contributed by atoms with Gasteiger partial charge in [-0.3, -0.25) is 0 Å². The molecule has 0 bridgehead atoms. The summed E-state index contributed by atoms with van der Waals surface area (Å²) in [4.78, 5) is 0. The molecule has 1 N–H and O–H groups in total. The van der Waals surface area contributed by atoms with Crippen LogP contribution in [-0.2, 0) is 6.54 Å². The minimum Gasteiger partial charge on any atom is -0.457 e. The number of halogens is 2. The Kier molecular flexibility index (Phi) is 5.01. The fourth-order valence-corrected chi connectivity index (χ4v) is 2.04. The molecule has 0 unspecified atom stereocenters. The molecule has 0 aromatic heterocycles. The van der Waals surface area contributed by atoms with E-state index < -0.39 is 0 Å². The van der Waals surface area contributed by atoms with Crippen molar-refractivity contribution >= 4 is 15.9 Å². The smallest absolute Gasteiger partial charge is 0.132 e. The second-order valence-electron chi connectivity index (χ2n) is 5.91. The third kappa shape index (κ3) is 5.14. The fraction of sp³-hybridized carbons (Fsp3) is 0.294. The van der Waals surface area contributed by atoms with Crippen LogP contribution in [0, 0.1) is 5.82 Å². The average molecular weight is 352 g/mol. The minimum atomic E-state index is -0.260. The molecule has 0 spiro atoms. The quantitative estimate of drug-likeness (QED) is 0.810. The van der Waals surface area contributed by atoms with Crippen molar-refractivity contribution in [2.24, 2.45) is 0 Å². The van der Waals surface area contributed by atoms with Gasteiger partial charge in [-0.05, 0) is 63.2 Å². The van der Waals surface area contributed by atoms with Gasteiger partial charge >= 0.3 is 0 Å². The molecule has 0 amide bonds. The van der Waals surface area contributed by atoms with Crippen molar-refractivity contribution in [1.82, 2.24) is 5.32 Å². The van der Waals surface area contributed by atoms with Crippen LogP contribution in [0.25, 0.3) is 0 Å². The molecule has 0 fully saturated rings. The maximum atomic E-state index is 13.5. The van der Waals surface area contributed by atoms with Crippen molar-refractivity contribution in [3.8, 4) is 11.5 Å². The zero-order chi connectivity index (χ0) is 15.5. The molecule has 112 valence electrons. The van der Waals surface area contributed by atoms with Gasteiger partial charge in [0.15, 0.2) is 0 Å². The van der Waals surface area contributed by atoms with E-state index in [-0.39, 0.29) is 11.4 Å². The number of nitrogens with one attached hydrogen (secondary N) is 1. The van der Waals surface area contributed by atoms with Crippen molar-refractivity contribution in [1.29, 1.82) is 0 Å². The Morgan fingerprint density at radius 1 is 1.10 bits per heavy atom. The maximum absolute atomic E-state index is 13.5. The highest BCUT2D eigenvalue weighted by molar-refractivity contribution is 9.10. The molecule has 0 radical (unpaired) electrons. The first-order valence-electron chi connectivity index (χ1n) is 6.80. The van der Waals surface area contributed by atoms with Gasteiger partial charge in [0.05, 0.1) is 0 Å². The van der Waals surface area contributed by atoms with Gasteiger partial charge in [-0.25, -0.2) is 4.39 Å². The van der Waals surface area contributed by atoms with E-state index in [0.717, 1.165) is 15.8 Å². The fourth-order valence-electron chi connectivity index (χ4n) is 1.78. The van der Waals surface area contributed by atoms with Crippen molar-refractivity contribution in [3.63, 3.8) is 0 Å². The summed E-state index contributed by atoms with van der Waals surface area (Å²) in [5.41, 5.74) is 0.758. The molecule has 0 aliphatic rings. The van der Waals surface area contributed by atoms with Crippen molar-refractivity contribution in [3.05, 3.63) is 58.3 Å².